The quantitative estimate of drug-likeness (QED) is 0.747. The lowest BCUT2D eigenvalue weighted by atomic mass is 10.1. The van der Waals surface area contributed by atoms with E-state index in [0.29, 0.717) is 17.9 Å². The summed E-state index contributed by atoms with van der Waals surface area (Å²) in [6, 6.07) is 1.61. The van der Waals surface area contributed by atoms with Crippen molar-refractivity contribution in [2.75, 3.05) is 11.9 Å². The largest absolute Gasteiger partial charge is 0.370 e. The number of amides is 1. The minimum atomic E-state index is -0.178. The molecule has 0 aliphatic rings. The average molecular weight is 352 g/mol. The third-order valence-electron chi connectivity index (χ3n) is 3.01. The fourth-order valence-electron chi connectivity index (χ4n) is 1.99. The maximum Gasteiger partial charge on any atom is 0.255 e. The van der Waals surface area contributed by atoms with Gasteiger partial charge in [0.15, 0.2) is 0 Å². The summed E-state index contributed by atoms with van der Waals surface area (Å²) >= 11 is 3.35. The van der Waals surface area contributed by atoms with Crippen LogP contribution in [0.1, 0.15) is 42.5 Å². The van der Waals surface area contributed by atoms with E-state index in [2.05, 4.69) is 41.5 Å². The maximum absolute atomic E-state index is 12.5. The van der Waals surface area contributed by atoms with E-state index in [1.54, 1.807) is 24.7 Å². The molecule has 0 saturated carbocycles. The summed E-state index contributed by atoms with van der Waals surface area (Å²) in [5, 5.41) is 6.07. The van der Waals surface area contributed by atoms with E-state index in [4.69, 9.17) is 0 Å². The van der Waals surface area contributed by atoms with Crippen LogP contribution in [0.25, 0.3) is 0 Å². The molecule has 2 aromatic rings. The highest BCUT2D eigenvalue weighted by Gasteiger charge is 2.19. The number of hydrogen-bond donors (Lipinski definition) is 3. The standard InChI is InChI=1S/C14H18BrN5O/c1-3-11(13-17-5-6-18-13)20-14(21)10-7-9(15)8-19-12(10)16-4-2/h5-8,11H,3-4H2,1-2H3,(H,16,19)(H,17,18)(H,20,21). The van der Waals surface area contributed by atoms with Crippen LogP contribution in [0.15, 0.2) is 29.1 Å². The number of anilines is 1. The van der Waals surface area contributed by atoms with Gasteiger partial charge in [-0.3, -0.25) is 4.79 Å². The zero-order valence-electron chi connectivity index (χ0n) is 12.0. The van der Waals surface area contributed by atoms with Crippen LogP contribution in [0.2, 0.25) is 0 Å². The predicted octanol–water partition coefficient (Wildman–Crippen LogP) is 2.88. The van der Waals surface area contributed by atoms with Crippen LogP contribution in [0.4, 0.5) is 5.82 Å². The van der Waals surface area contributed by atoms with Crippen molar-refractivity contribution in [1.82, 2.24) is 20.3 Å². The van der Waals surface area contributed by atoms with Gasteiger partial charge in [0.1, 0.15) is 11.6 Å². The molecule has 21 heavy (non-hydrogen) atoms. The van der Waals surface area contributed by atoms with Gasteiger partial charge >= 0.3 is 0 Å². The molecule has 112 valence electrons. The van der Waals surface area contributed by atoms with E-state index < -0.39 is 0 Å². The van der Waals surface area contributed by atoms with Gasteiger partial charge in [0, 0.05) is 29.6 Å². The molecule has 0 radical (unpaired) electrons. The molecule has 1 amide bonds. The van der Waals surface area contributed by atoms with Crippen LogP contribution >= 0.6 is 15.9 Å². The Hall–Kier alpha value is -1.89. The molecule has 2 heterocycles. The third-order valence-corrected chi connectivity index (χ3v) is 3.44. The monoisotopic (exact) mass is 351 g/mol. The maximum atomic E-state index is 12.5. The van der Waals surface area contributed by atoms with Crippen LogP contribution in [0.5, 0.6) is 0 Å². The Labute approximate surface area is 131 Å². The summed E-state index contributed by atoms with van der Waals surface area (Å²) in [6.07, 6.45) is 5.83. The minimum Gasteiger partial charge on any atom is -0.370 e. The van der Waals surface area contributed by atoms with Crippen LogP contribution in [0.3, 0.4) is 0 Å². The summed E-state index contributed by atoms with van der Waals surface area (Å²) in [7, 11) is 0. The van der Waals surface area contributed by atoms with Crippen molar-refractivity contribution in [2.24, 2.45) is 0 Å². The lowest BCUT2D eigenvalue weighted by Crippen LogP contribution is -2.29. The second-order valence-corrected chi connectivity index (χ2v) is 5.40. The Morgan fingerprint density at radius 2 is 2.24 bits per heavy atom. The van der Waals surface area contributed by atoms with Crippen LogP contribution < -0.4 is 10.6 Å². The van der Waals surface area contributed by atoms with Gasteiger partial charge in [-0.25, -0.2) is 9.97 Å². The number of carbonyl (C=O) groups excluding carboxylic acids is 1. The Bertz CT molecular complexity index is 599. The van der Waals surface area contributed by atoms with Crippen molar-refractivity contribution in [3.63, 3.8) is 0 Å². The Kier molecular flexibility index (Phi) is 5.32. The summed E-state index contributed by atoms with van der Waals surface area (Å²) in [5.41, 5.74) is 0.510. The van der Waals surface area contributed by atoms with E-state index in [-0.39, 0.29) is 11.9 Å². The number of aromatic amines is 1. The number of imidazole rings is 1. The number of halogens is 1. The van der Waals surface area contributed by atoms with Crippen molar-refractivity contribution in [3.05, 3.63) is 40.5 Å². The van der Waals surface area contributed by atoms with Gasteiger partial charge in [-0.1, -0.05) is 6.92 Å². The number of rotatable bonds is 6. The number of hydrogen-bond acceptors (Lipinski definition) is 4. The third kappa shape index (κ3) is 3.81. The van der Waals surface area contributed by atoms with Gasteiger partial charge in [-0.15, -0.1) is 0 Å². The SMILES string of the molecule is CCNc1ncc(Br)cc1C(=O)NC(CC)c1ncc[nH]1. The highest BCUT2D eigenvalue weighted by Crippen LogP contribution is 2.20. The summed E-state index contributed by atoms with van der Waals surface area (Å²) in [5.74, 6) is 1.15. The van der Waals surface area contributed by atoms with Gasteiger partial charge in [-0.05, 0) is 35.3 Å². The van der Waals surface area contributed by atoms with E-state index >= 15 is 0 Å². The zero-order valence-corrected chi connectivity index (χ0v) is 13.6. The second kappa shape index (κ2) is 7.21. The van der Waals surface area contributed by atoms with Crippen molar-refractivity contribution in [1.29, 1.82) is 0 Å². The van der Waals surface area contributed by atoms with Crippen LogP contribution in [0, 0.1) is 0 Å². The Morgan fingerprint density at radius 1 is 1.43 bits per heavy atom. The van der Waals surface area contributed by atoms with Crippen molar-refractivity contribution in [2.45, 2.75) is 26.3 Å². The molecular formula is C14H18BrN5O. The summed E-state index contributed by atoms with van der Waals surface area (Å²) < 4.78 is 0.764. The van der Waals surface area contributed by atoms with E-state index in [9.17, 15) is 4.79 Å². The highest BCUT2D eigenvalue weighted by atomic mass is 79.9. The zero-order chi connectivity index (χ0) is 15.2. The first-order valence-corrected chi connectivity index (χ1v) is 7.64. The number of H-pyrrole nitrogens is 1. The summed E-state index contributed by atoms with van der Waals surface area (Å²) in [6.45, 7) is 4.66. The molecule has 7 heteroatoms. The van der Waals surface area contributed by atoms with Gasteiger partial charge in [0.2, 0.25) is 0 Å². The highest BCUT2D eigenvalue weighted by molar-refractivity contribution is 9.10. The first-order valence-electron chi connectivity index (χ1n) is 6.85. The van der Waals surface area contributed by atoms with Gasteiger partial charge < -0.3 is 15.6 Å². The first kappa shape index (κ1) is 15.5. The molecule has 2 aromatic heterocycles. The van der Waals surface area contributed by atoms with Gasteiger partial charge in [0.25, 0.3) is 5.91 Å². The number of carbonyl (C=O) groups is 1. The first-order chi connectivity index (χ1) is 10.2. The molecule has 0 bridgehead atoms. The van der Waals surface area contributed by atoms with E-state index in [0.717, 1.165) is 16.7 Å². The molecule has 0 saturated heterocycles. The molecule has 1 atom stereocenters. The fourth-order valence-corrected chi connectivity index (χ4v) is 2.32. The number of nitrogens with zero attached hydrogens (tertiary/aromatic N) is 2. The predicted molar refractivity (Wildman–Crippen MR) is 85.2 cm³/mol. The number of pyridine rings is 1. The normalized spacial score (nSPS) is 12.0. The second-order valence-electron chi connectivity index (χ2n) is 4.49. The molecule has 0 spiro atoms. The van der Waals surface area contributed by atoms with Gasteiger partial charge in [-0.2, -0.15) is 0 Å². The Balaban J connectivity index is 2.21. The molecule has 3 N–H and O–H groups in total. The van der Waals surface area contributed by atoms with E-state index in [1.807, 2.05) is 13.8 Å². The minimum absolute atomic E-state index is 0.152. The van der Waals surface area contributed by atoms with Crippen molar-refractivity contribution >= 4 is 27.7 Å². The molecule has 1 unspecified atom stereocenters. The molecule has 0 fully saturated rings. The number of nitrogens with one attached hydrogen (secondary N) is 3. The van der Waals surface area contributed by atoms with Crippen molar-refractivity contribution in [3.8, 4) is 0 Å². The van der Waals surface area contributed by atoms with Gasteiger partial charge in [0.05, 0.1) is 11.6 Å². The lowest BCUT2D eigenvalue weighted by Gasteiger charge is -2.16. The Morgan fingerprint density at radius 3 is 2.86 bits per heavy atom. The average Bonchev–Trinajstić information content (AvgIpc) is 3.00. The molecule has 0 aromatic carbocycles. The topological polar surface area (TPSA) is 82.7 Å². The smallest absolute Gasteiger partial charge is 0.255 e. The van der Waals surface area contributed by atoms with E-state index in [1.165, 1.54) is 0 Å². The molecule has 6 nitrogen and oxygen atoms in total. The lowest BCUT2D eigenvalue weighted by molar-refractivity contribution is 0.0934. The van der Waals surface area contributed by atoms with Crippen LogP contribution in [-0.4, -0.2) is 27.4 Å². The molecule has 0 aliphatic heterocycles. The number of aromatic nitrogens is 3. The molecular weight excluding hydrogens is 334 g/mol. The molecule has 2 rings (SSSR count). The fraction of sp³-hybridized carbons (Fsp3) is 0.357. The van der Waals surface area contributed by atoms with Crippen LogP contribution in [-0.2, 0) is 0 Å². The molecule has 0 aliphatic carbocycles. The van der Waals surface area contributed by atoms with Crippen molar-refractivity contribution < 1.29 is 4.79 Å². The summed E-state index contributed by atoms with van der Waals surface area (Å²) in [4.78, 5) is 24.0.